The predicted molar refractivity (Wildman–Crippen MR) is 156 cm³/mol. The van der Waals surface area contributed by atoms with Crippen LogP contribution in [0.15, 0.2) is 103 Å². The number of para-hydroxylation sites is 2. The molecular weight excluding hydrogens is 484 g/mol. The molecule has 0 bridgehead atoms. The number of hydrogen-bond donors (Lipinski definition) is 1. The Morgan fingerprint density at radius 2 is 1.38 bits per heavy atom. The first-order valence-corrected chi connectivity index (χ1v) is 12.8. The number of benzene rings is 4. The van der Waals surface area contributed by atoms with E-state index in [4.69, 9.17) is 4.98 Å². The molecule has 6 aromatic rings. The third-order valence-corrected chi connectivity index (χ3v) is 7.38. The van der Waals surface area contributed by atoms with Gasteiger partial charge < -0.3 is 5.32 Å². The minimum atomic E-state index is -0.370. The second-order valence-electron chi connectivity index (χ2n) is 9.78. The van der Waals surface area contributed by atoms with Gasteiger partial charge in [0.15, 0.2) is 0 Å². The van der Waals surface area contributed by atoms with Crippen LogP contribution in [0.1, 0.15) is 27.3 Å². The minimum Gasteiger partial charge on any atom is -0.359 e. The minimum absolute atomic E-state index is 0.330. The van der Waals surface area contributed by atoms with E-state index in [0.717, 1.165) is 44.4 Å². The summed E-state index contributed by atoms with van der Waals surface area (Å²) in [6.45, 7) is 3.97. The Hall–Kier alpha value is -5.23. The van der Waals surface area contributed by atoms with E-state index in [0.29, 0.717) is 22.4 Å². The maximum absolute atomic E-state index is 13.9. The summed E-state index contributed by atoms with van der Waals surface area (Å²) in [7, 11) is 0. The van der Waals surface area contributed by atoms with Crippen LogP contribution in [-0.4, -0.2) is 21.2 Å². The normalized spacial score (nSPS) is 14.5. The lowest BCUT2D eigenvalue weighted by atomic mass is 9.93. The Labute approximate surface area is 224 Å². The number of carbonyl (C=O) groups excluding carboxylic acids is 2. The Morgan fingerprint density at radius 1 is 0.718 bits per heavy atom. The van der Waals surface area contributed by atoms with Crippen molar-refractivity contribution < 1.29 is 9.59 Å². The molecule has 6 heteroatoms. The van der Waals surface area contributed by atoms with Gasteiger partial charge in [0.2, 0.25) is 0 Å². The molecule has 0 radical (unpaired) electrons. The molecule has 2 amide bonds. The highest BCUT2D eigenvalue weighted by atomic mass is 16.2. The average molecular weight is 509 g/mol. The lowest BCUT2D eigenvalue weighted by molar-refractivity contribution is -0.112. The molecule has 0 spiro atoms. The molecule has 0 saturated carbocycles. The maximum Gasteiger partial charge on any atom is 0.267 e. The molecule has 3 heterocycles. The van der Waals surface area contributed by atoms with Crippen LogP contribution in [0.3, 0.4) is 0 Å². The number of fused-ring (bicyclic) bond motifs is 6. The summed E-state index contributed by atoms with van der Waals surface area (Å²) < 4.78 is 2.15. The standard InChI is InChI=1S/C33H24N4O2/c1-20-15-17-22(18-16-20)37-32(38)24-10-4-3-9-23(24)27(33(37)39)19-34-30-26-12-6-8-14-29(26)36-21(2)35-28-13-7-5-11-25(28)31(30)36/h3-19,34H,1-2H3/b27-19-. The van der Waals surface area contributed by atoms with Crippen molar-refractivity contribution in [3.05, 3.63) is 126 Å². The maximum atomic E-state index is 13.9. The number of aryl methyl sites for hydroxylation is 2. The lowest BCUT2D eigenvalue weighted by Crippen LogP contribution is -2.42. The first-order valence-electron chi connectivity index (χ1n) is 12.8. The zero-order chi connectivity index (χ0) is 26.7. The summed E-state index contributed by atoms with van der Waals surface area (Å²) in [5, 5.41) is 5.52. The summed E-state index contributed by atoms with van der Waals surface area (Å²) in [4.78, 5) is 33.5. The first kappa shape index (κ1) is 22.9. The summed E-state index contributed by atoms with van der Waals surface area (Å²) in [6, 6.07) is 30.9. The van der Waals surface area contributed by atoms with Crippen LogP contribution >= 0.6 is 0 Å². The van der Waals surface area contributed by atoms with Crippen LogP contribution in [0, 0.1) is 13.8 Å². The van der Waals surface area contributed by atoms with Crippen LogP contribution < -0.4 is 10.2 Å². The third-order valence-electron chi connectivity index (χ3n) is 7.38. The van der Waals surface area contributed by atoms with E-state index < -0.39 is 0 Å². The molecule has 1 aliphatic rings. The quantitative estimate of drug-likeness (QED) is 0.209. The van der Waals surface area contributed by atoms with E-state index >= 15 is 0 Å². The molecule has 7 rings (SSSR count). The van der Waals surface area contributed by atoms with Gasteiger partial charge in [0.25, 0.3) is 11.8 Å². The van der Waals surface area contributed by atoms with Gasteiger partial charge in [0.05, 0.1) is 33.5 Å². The van der Waals surface area contributed by atoms with Crippen LogP contribution in [-0.2, 0) is 4.79 Å². The van der Waals surface area contributed by atoms with Crippen LogP contribution in [0.4, 0.5) is 11.4 Å². The second-order valence-corrected chi connectivity index (χ2v) is 9.78. The van der Waals surface area contributed by atoms with Crippen molar-refractivity contribution >= 4 is 56.1 Å². The average Bonchev–Trinajstić information content (AvgIpc) is 3.29. The highest BCUT2D eigenvalue weighted by molar-refractivity contribution is 6.41. The van der Waals surface area contributed by atoms with Crippen LogP contribution in [0.2, 0.25) is 0 Å². The fourth-order valence-corrected chi connectivity index (χ4v) is 5.54. The molecule has 0 aliphatic carbocycles. The molecule has 39 heavy (non-hydrogen) atoms. The number of amides is 2. The molecule has 6 nitrogen and oxygen atoms in total. The van der Waals surface area contributed by atoms with Crippen molar-refractivity contribution in [1.82, 2.24) is 9.38 Å². The van der Waals surface area contributed by atoms with Gasteiger partial charge in [0, 0.05) is 28.1 Å². The number of imide groups is 1. The largest absolute Gasteiger partial charge is 0.359 e. The van der Waals surface area contributed by atoms with Gasteiger partial charge in [-0.05, 0) is 44.2 Å². The number of aromatic nitrogens is 2. The van der Waals surface area contributed by atoms with Gasteiger partial charge in [0.1, 0.15) is 5.82 Å². The van der Waals surface area contributed by atoms with Crippen LogP contribution in [0.5, 0.6) is 0 Å². The van der Waals surface area contributed by atoms with Gasteiger partial charge in [-0.25, -0.2) is 9.88 Å². The third kappa shape index (κ3) is 3.45. The van der Waals surface area contributed by atoms with Crippen molar-refractivity contribution in [1.29, 1.82) is 0 Å². The Balaban J connectivity index is 1.45. The van der Waals surface area contributed by atoms with Crippen molar-refractivity contribution in [3.8, 4) is 0 Å². The molecule has 0 saturated heterocycles. The highest BCUT2D eigenvalue weighted by Crippen LogP contribution is 2.38. The Bertz CT molecular complexity index is 2000. The van der Waals surface area contributed by atoms with E-state index in [-0.39, 0.29) is 11.8 Å². The van der Waals surface area contributed by atoms with E-state index in [2.05, 4.69) is 27.9 Å². The fraction of sp³-hybridized carbons (Fsp3) is 0.0606. The van der Waals surface area contributed by atoms with E-state index in [1.54, 1.807) is 24.4 Å². The van der Waals surface area contributed by atoms with Crippen LogP contribution in [0.25, 0.3) is 32.9 Å². The smallest absolute Gasteiger partial charge is 0.267 e. The number of anilines is 2. The topological polar surface area (TPSA) is 66.7 Å². The molecule has 2 aromatic heterocycles. The number of nitrogens with zero attached hydrogens (tertiary/aromatic N) is 3. The molecule has 1 aliphatic heterocycles. The number of rotatable bonds is 3. The van der Waals surface area contributed by atoms with E-state index in [1.807, 2.05) is 74.5 Å². The van der Waals surface area contributed by atoms with Crippen molar-refractivity contribution in [2.24, 2.45) is 0 Å². The summed E-state index contributed by atoms with van der Waals surface area (Å²) >= 11 is 0. The summed E-state index contributed by atoms with van der Waals surface area (Å²) in [5.41, 5.74) is 6.91. The Morgan fingerprint density at radius 3 is 2.18 bits per heavy atom. The van der Waals surface area contributed by atoms with Crippen molar-refractivity contribution in [2.75, 3.05) is 10.2 Å². The molecule has 1 N–H and O–H groups in total. The van der Waals surface area contributed by atoms with Gasteiger partial charge in [-0.1, -0.05) is 72.3 Å². The molecular formula is C33H24N4O2. The predicted octanol–water partition coefficient (Wildman–Crippen LogP) is 6.90. The number of carbonyl (C=O) groups is 2. The molecule has 4 aromatic carbocycles. The monoisotopic (exact) mass is 508 g/mol. The molecule has 0 fully saturated rings. The number of nitrogens with one attached hydrogen (secondary N) is 1. The van der Waals surface area contributed by atoms with Gasteiger partial charge in [-0.3, -0.25) is 14.0 Å². The highest BCUT2D eigenvalue weighted by Gasteiger charge is 2.36. The van der Waals surface area contributed by atoms with Crippen molar-refractivity contribution in [2.45, 2.75) is 13.8 Å². The lowest BCUT2D eigenvalue weighted by Gasteiger charge is -2.28. The van der Waals surface area contributed by atoms with Gasteiger partial charge in [-0.15, -0.1) is 0 Å². The molecule has 0 atom stereocenters. The first-order chi connectivity index (χ1) is 19.0. The summed E-state index contributed by atoms with van der Waals surface area (Å²) in [5.74, 6) is 0.172. The fourth-order valence-electron chi connectivity index (χ4n) is 5.54. The molecule has 188 valence electrons. The van der Waals surface area contributed by atoms with Gasteiger partial charge in [-0.2, -0.15) is 0 Å². The van der Waals surface area contributed by atoms with E-state index in [1.165, 1.54) is 4.90 Å². The molecule has 0 unspecified atom stereocenters. The van der Waals surface area contributed by atoms with Crippen molar-refractivity contribution in [3.63, 3.8) is 0 Å². The zero-order valence-corrected chi connectivity index (χ0v) is 21.5. The summed E-state index contributed by atoms with van der Waals surface area (Å²) in [6.07, 6.45) is 1.74. The Kier molecular flexibility index (Phi) is 5.10. The zero-order valence-electron chi connectivity index (χ0n) is 21.5. The second kappa shape index (κ2) is 8.67. The SMILES string of the molecule is Cc1ccc(N2C(=O)/C(=C\Nc3c4ccccc4n4c(C)nc5ccccc5c34)c3ccccc3C2=O)cc1. The van der Waals surface area contributed by atoms with Gasteiger partial charge >= 0.3 is 0 Å². The number of hydrogen-bond acceptors (Lipinski definition) is 4. The van der Waals surface area contributed by atoms with E-state index in [9.17, 15) is 9.59 Å².